The average molecular weight is 538 g/mol. The van der Waals surface area contributed by atoms with E-state index in [4.69, 9.17) is 30.5 Å². The van der Waals surface area contributed by atoms with Crippen LogP contribution in [0.3, 0.4) is 0 Å². The van der Waals surface area contributed by atoms with Crippen molar-refractivity contribution in [3.05, 3.63) is 70.2 Å². The van der Waals surface area contributed by atoms with Gasteiger partial charge < -0.3 is 24.3 Å². The second-order valence-electron chi connectivity index (χ2n) is 10.6. The molecule has 2 fully saturated rings. The summed E-state index contributed by atoms with van der Waals surface area (Å²) < 4.78 is 52.6. The lowest BCUT2D eigenvalue weighted by molar-refractivity contribution is -0.183. The van der Waals surface area contributed by atoms with Crippen LogP contribution in [-0.2, 0) is 37.0 Å². The molecule has 1 unspecified atom stereocenters. The van der Waals surface area contributed by atoms with Crippen LogP contribution in [0.25, 0.3) is 0 Å². The Balaban J connectivity index is 1.61. The first-order valence-electron chi connectivity index (χ1n) is 12.5. The van der Waals surface area contributed by atoms with Gasteiger partial charge in [-0.2, -0.15) is 0 Å². The zero-order valence-corrected chi connectivity index (χ0v) is 22.3. The van der Waals surface area contributed by atoms with Crippen molar-refractivity contribution in [2.75, 3.05) is 6.54 Å². The van der Waals surface area contributed by atoms with E-state index in [2.05, 4.69) is 5.32 Å². The molecule has 202 valence electrons. The van der Waals surface area contributed by atoms with E-state index in [0.29, 0.717) is 11.6 Å². The maximum Gasteiger partial charge on any atom is 0.252 e. The third-order valence-electron chi connectivity index (χ3n) is 6.61. The van der Waals surface area contributed by atoms with Gasteiger partial charge in [-0.1, -0.05) is 43.6 Å². The first-order valence-corrected chi connectivity index (χ1v) is 12.9. The molecule has 1 aliphatic carbocycles. The maximum atomic E-state index is 14.3. The van der Waals surface area contributed by atoms with Gasteiger partial charge in [-0.15, -0.1) is 0 Å². The molecular formula is C28H34ClF2NO5. The standard InChI is InChI=1S/C28H34ClF2NO5/c1-17(2)14-32-26(33)28(35-15-18-6-5-7-20(29)10-18)12-23(25-24(13-28)36-27(3,4)37-25)34-16-19-8-9-21(30)11-22(19)31/h5-11,17,23-25H,12-16H2,1-4H3,(H,32,33)/t23?,24-,25+,28-/m1/s1. The molecule has 1 amide bonds. The first kappa shape index (κ1) is 27.9. The molecule has 4 atom stereocenters. The maximum absolute atomic E-state index is 14.3. The van der Waals surface area contributed by atoms with E-state index in [1.165, 1.54) is 12.1 Å². The van der Waals surface area contributed by atoms with Crippen molar-refractivity contribution < 1.29 is 32.5 Å². The predicted octanol–water partition coefficient (Wildman–Crippen LogP) is 5.55. The smallest absolute Gasteiger partial charge is 0.252 e. The molecule has 0 aromatic heterocycles. The van der Waals surface area contributed by atoms with Crippen LogP contribution in [-0.4, -0.2) is 42.2 Å². The Hall–Kier alpha value is -2.10. The van der Waals surface area contributed by atoms with E-state index in [1.807, 2.05) is 26.0 Å². The molecule has 37 heavy (non-hydrogen) atoms. The Morgan fingerprint density at radius 1 is 1.14 bits per heavy atom. The second-order valence-corrected chi connectivity index (χ2v) is 11.1. The highest BCUT2D eigenvalue weighted by Gasteiger charge is 2.58. The summed E-state index contributed by atoms with van der Waals surface area (Å²) in [6.07, 6.45) is -1.19. The van der Waals surface area contributed by atoms with Crippen LogP contribution in [0.15, 0.2) is 42.5 Å². The fourth-order valence-corrected chi connectivity index (χ4v) is 5.06. The SMILES string of the molecule is CC(C)CNC(=O)[C@@]1(OCc2cccc(Cl)c2)CC(OCc2ccc(F)cc2F)[C@@H]2OC(C)(C)O[C@@H]2C1. The fraction of sp³-hybridized carbons (Fsp3) is 0.536. The number of rotatable bonds is 9. The van der Waals surface area contributed by atoms with Gasteiger partial charge in [-0.3, -0.25) is 4.79 Å². The fourth-order valence-electron chi connectivity index (χ4n) is 4.85. The molecule has 1 saturated heterocycles. The molecule has 2 aromatic carbocycles. The van der Waals surface area contributed by atoms with Gasteiger partial charge in [-0.05, 0) is 43.5 Å². The number of halogens is 3. The number of hydrogen-bond acceptors (Lipinski definition) is 5. The zero-order chi connectivity index (χ0) is 26.8. The Bertz CT molecular complexity index is 1110. The van der Waals surface area contributed by atoms with Crippen molar-refractivity contribution in [3.8, 4) is 0 Å². The minimum Gasteiger partial charge on any atom is -0.370 e. The number of hydrogen-bond donors (Lipinski definition) is 1. The average Bonchev–Trinajstić information content (AvgIpc) is 3.14. The molecule has 6 nitrogen and oxygen atoms in total. The largest absolute Gasteiger partial charge is 0.370 e. The molecule has 1 aliphatic heterocycles. The van der Waals surface area contributed by atoms with Crippen LogP contribution in [0, 0.1) is 17.6 Å². The number of amides is 1. The van der Waals surface area contributed by atoms with Gasteiger partial charge in [0.1, 0.15) is 17.7 Å². The third kappa shape index (κ3) is 6.86. The highest BCUT2D eigenvalue weighted by atomic mass is 35.5. The Morgan fingerprint density at radius 2 is 1.92 bits per heavy atom. The molecular weight excluding hydrogens is 504 g/mol. The normalized spacial score (nSPS) is 26.8. The minimum absolute atomic E-state index is 0.123. The van der Waals surface area contributed by atoms with Crippen LogP contribution >= 0.6 is 11.6 Å². The molecule has 0 radical (unpaired) electrons. The van der Waals surface area contributed by atoms with Crippen molar-refractivity contribution >= 4 is 17.5 Å². The molecule has 0 bridgehead atoms. The number of carbonyl (C=O) groups is 1. The second kappa shape index (κ2) is 11.3. The molecule has 2 aliphatic rings. The van der Waals surface area contributed by atoms with Crippen molar-refractivity contribution in [2.24, 2.45) is 5.92 Å². The quantitative estimate of drug-likeness (QED) is 0.454. The van der Waals surface area contributed by atoms with E-state index in [9.17, 15) is 13.6 Å². The summed E-state index contributed by atoms with van der Waals surface area (Å²) in [5.74, 6) is -2.28. The van der Waals surface area contributed by atoms with E-state index in [1.54, 1.807) is 26.0 Å². The van der Waals surface area contributed by atoms with Gasteiger partial charge in [0.15, 0.2) is 11.4 Å². The number of fused-ring (bicyclic) bond motifs is 1. The van der Waals surface area contributed by atoms with Crippen LogP contribution in [0.2, 0.25) is 5.02 Å². The lowest BCUT2D eigenvalue weighted by Crippen LogP contribution is -2.60. The molecule has 2 aromatic rings. The summed E-state index contributed by atoms with van der Waals surface area (Å²) in [4.78, 5) is 13.7. The van der Waals surface area contributed by atoms with Crippen LogP contribution in [0.5, 0.6) is 0 Å². The highest BCUT2D eigenvalue weighted by molar-refractivity contribution is 6.30. The predicted molar refractivity (Wildman–Crippen MR) is 135 cm³/mol. The van der Waals surface area contributed by atoms with Crippen molar-refractivity contribution in [1.29, 1.82) is 0 Å². The summed E-state index contributed by atoms with van der Waals surface area (Å²) in [6.45, 7) is 8.13. The van der Waals surface area contributed by atoms with Crippen molar-refractivity contribution in [2.45, 2.75) is 83.5 Å². The van der Waals surface area contributed by atoms with E-state index >= 15 is 0 Å². The molecule has 4 rings (SSSR count). The summed E-state index contributed by atoms with van der Waals surface area (Å²) in [5, 5.41) is 3.58. The first-order chi connectivity index (χ1) is 17.5. The number of carbonyl (C=O) groups excluding carboxylic acids is 1. The van der Waals surface area contributed by atoms with E-state index < -0.39 is 41.3 Å². The number of nitrogens with one attached hydrogen (secondary N) is 1. The summed E-state index contributed by atoms with van der Waals surface area (Å²) in [6, 6.07) is 10.6. The van der Waals surface area contributed by atoms with Crippen molar-refractivity contribution in [3.63, 3.8) is 0 Å². The van der Waals surface area contributed by atoms with E-state index in [-0.39, 0.29) is 43.4 Å². The summed E-state index contributed by atoms with van der Waals surface area (Å²) in [7, 11) is 0. The Kier molecular flexibility index (Phi) is 8.55. The van der Waals surface area contributed by atoms with Gasteiger partial charge in [-0.25, -0.2) is 8.78 Å². The van der Waals surface area contributed by atoms with Gasteiger partial charge in [0, 0.05) is 36.0 Å². The Morgan fingerprint density at radius 3 is 2.62 bits per heavy atom. The highest BCUT2D eigenvalue weighted by Crippen LogP contribution is 2.44. The van der Waals surface area contributed by atoms with Gasteiger partial charge >= 0.3 is 0 Å². The molecule has 1 saturated carbocycles. The monoisotopic (exact) mass is 537 g/mol. The van der Waals surface area contributed by atoms with Crippen molar-refractivity contribution in [1.82, 2.24) is 5.32 Å². The molecule has 9 heteroatoms. The lowest BCUT2D eigenvalue weighted by atomic mass is 9.78. The number of ether oxygens (including phenoxy) is 4. The van der Waals surface area contributed by atoms with Crippen LogP contribution < -0.4 is 5.32 Å². The summed E-state index contributed by atoms with van der Waals surface area (Å²) in [5.41, 5.74) is -0.259. The van der Waals surface area contributed by atoms with Gasteiger partial charge in [0.2, 0.25) is 0 Å². The minimum atomic E-state index is -1.28. The Labute approximate surface area is 221 Å². The van der Waals surface area contributed by atoms with E-state index in [0.717, 1.165) is 11.6 Å². The number of benzene rings is 2. The molecule has 0 spiro atoms. The summed E-state index contributed by atoms with van der Waals surface area (Å²) >= 11 is 6.15. The third-order valence-corrected chi connectivity index (χ3v) is 6.84. The lowest BCUT2D eigenvalue weighted by Gasteiger charge is -2.43. The van der Waals surface area contributed by atoms with Gasteiger partial charge in [0.05, 0.1) is 25.4 Å². The molecule has 1 heterocycles. The van der Waals surface area contributed by atoms with Crippen LogP contribution in [0.1, 0.15) is 51.7 Å². The topological polar surface area (TPSA) is 66.0 Å². The zero-order valence-electron chi connectivity index (χ0n) is 21.6. The van der Waals surface area contributed by atoms with Crippen LogP contribution in [0.4, 0.5) is 8.78 Å². The molecule has 1 N–H and O–H groups in total. The van der Waals surface area contributed by atoms with Gasteiger partial charge in [0.25, 0.3) is 5.91 Å².